The maximum Gasteiger partial charge on any atom is 0.339 e. The Labute approximate surface area is 271 Å². The van der Waals surface area contributed by atoms with Crippen LogP contribution in [0.25, 0.3) is 5.70 Å². The van der Waals surface area contributed by atoms with E-state index in [9.17, 15) is 9.59 Å². The average Bonchev–Trinajstić information content (AvgIpc) is 3.81. The van der Waals surface area contributed by atoms with Crippen molar-refractivity contribution < 1.29 is 23.8 Å². The molecule has 45 heavy (non-hydrogen) atoms. The number of nitrogens with one attached hydrogen (secondary N) is 1. The number of amides is 1. The van der Waals surface area contributed by atoms with Gasteiger partial charge in [-0.1, -0.05) is 44.0 Å². The molecule has 0 bridgehead atoms. The van der Waals surface area contributed by atoms with E-state index >= 15 is 0 Å². The number of rotatable bonds is 12. The van der Waals surface area contributed by atoms with Crippen molar-refractivity contribution in [2.75, 3.05) is 51.9 Å². The maximum absolute atomic E-state index is 12.7. The highest BCUT2D eigenvalue weighted by molar-refractivity contribution is 6.34. The van der Waals surface area contributed by atoms with E-state index in [2.05, 4.69) is 28.7 Å². The van der Waals surface area contributed by atoms with Gasteiger partial charge in [-0.3, -0.25) is 14.7 Å². The Morgan fingerprint density at radius 2 is 1.91 bits per heavy atom. The van der Waals surface area contributed by atoms with Crippen LogP contribution in [-0.2, 0) is 14.3 Å². The summed E-state index contributed by atoms with van der Waals surface area (Å²) in [6, 6.07) is 10.3. The number of morpholine rings is 1. The van der Waals surface area contributed by atoms with E-state index in [1.165, 1.54) is 31.1 Å². The lowest BCUT2D eigenvalue weighted by molar-refractivity contribution is -0.112. The minimum absolute atomic E-state index is 0.0463. The molecule has 0 atom stereocenters. The summed E-state index contributed by atoms with van der Waals surface area (Å²) in [6.45, 7) is 14.1. The van der Waals surface area contributed by atoms with Gasteiger partial charge in [-0.05, 0) is 80.3 Å². The highest BCUT2D eigenvalue weighted by Crippen LogP contribution is 2.27. The van der Waals surface area contributed by atoms with Gasteiger partial charge in [0.15, 0.2) is 0 Å². The largest absolute Gasteiger partial charge is 0.496 e. The Kier molecular flexibility index (Phi) is 14.3. The number of esters is 1. The molecule has 0 aromatic heterocycles. The lowest BCUT2D eigenvalue weighted by atomic mass is 10.1. The number of hydrogen-bond donors (Lipinski definition) is 2. The van der Waals surface area contributed by atoms with Crippen LogP contribution in [0.1, 0.15) is 54.6 Å². The van der Waals surface area contributed by atoms with Gasteiger partial charge in [-0.25, -0.2) is 4.79 Å². The van der Waals surface area contributed by atoms with Crippen molar-refractivity contribution in [3.05, 3.63) is 88.6 Å². The third-order valence-electron chi connectivity index (χ3n) is 7.16. The number of halogens is 1. The Hall–Kier alpha value is -3.92. The molecule has 1 saturated carbocycles. The number of benzene rings is 2. The molecule has 1 aliphatic heterocycles. The van der Waals surface area contributed by atoms with E-state index < -0.39 is 11.9 Å². The predicted octanol–water partition coefficient (Wildman–Crippen LogP) is 6.42. The standard InChI is InChI=1S/C31H37ClN4O5.C4H8/c1-5-7-28(23-8-11-29(39-4)21(2)18-23)34-22(3)19-27(33)30(37)35-24-9-10-25(26(32)20-24)31(38)41-15-6-12-36-13-16-40-17-14-36;1-4-2-3-4/h5,7-11,18-20H,1,6,12-17,33H2,2-4H3,(H,35,37);4H,2-3H2,1H3/b27-19-,28-7-,34-22+;. The van der Waals surface area contributed by atoms with E-state index in [1.807, 2.05) is 25.1 Å². The summed E-state index contributed by atoms with van der Waals surface area (Å²) in [5, 5.41) is 2.85. The van der Waals surface area contributed by atoms with E-state index in [1.54, 1.807) is 32.3 Å². The molecule has 0 radical (unpaired) electrons. The van der Waals surface area contributed by atoms with Crippen LogP contribution in [-0.4, -0.2) is 69.1 Å². The van der Waals surface area contributed by atoms with E-state index in [0.717, 1.165) is 62.1 Å². The first-order valence-electron chi connectivity index (χ1n) is 15.2. The number of carbonyl (C=O) groups is 2. The summed E-state index contributed by atoms with van der Waals surface area (Å²) in [5.74, 6) is 0.804. The number of nitrogens with zero attached hydrogens (tertiary/aromatic N) is 2. The SMILES string of the molecule is C=C\C=C(/N=C(C)/C=C(\N)C(=O)Nc1ccc(C(=O)OCCCN2CCOCC2)c(Cl)c1)c1ccc(OC)c(C)c1.CC1CC1. The Morgan fingerprint density at radius 3 is 2.51 bits per heavy atom. The second kappa shape index (κ2) is 18.1. The number of allylic oxidation sites excluding steroid dienone is 3. The Bertz CT molecular complexity index is 1430. The zero-order valence-corrected chi connectivity index (χ0v) is 27.5. The van der Waals surface area contributed by atoms with Gasteiger partial charge in [-0.15, -0.1) is 0 Å². The van der Waals surface area contributed by atoms with Crippen LogP contribution in [0.5, 0.6) is 5.75 Å². The van der Waals surface area contributed by atoms with Gasteiger partial charge in [0, 0.05) is 36.6 Å². The van der Waals surface area contributed by atoms with Gasteiger partial charge in [0.05, 0.1) is 48.9 Å². The number of hydrogen-bond acceptors (Lipinski definition) is 8. The smallest absolute Gasteiger partial charge is 0.339 e. The van der Waals surface area contributed by atoms with Gasteiger partial charge in [-0.2, -0.15) is 0 Å². The fourth-order valence-corrected chi connectivity index (χ4v) is 4.60. The van der Waals surface area contributed by atoms with Crippen LogP contribution in [0.2, 0.25) is 5.02 Å². The van der Waals surface area contributed by atoms with Gasteiger partial charge >= 0.3 is 5.97 Å². The summed E-state index contributed by atoms with van der Waals surface area (Å²) >= 11 is 6.32. The van der Waals surface area contributed by atoms with Crippen molar-refractivity contribution in [1.29, 1.82) is 0 Å². The monoisotopic (exact) mass is 636 g/mol. The molecular formula is C35H45ClN4O5. The molecule has 3 N–H and O–H groups in total. The number of methoxy groups -OCH3 is 1. The third kappa shape index (κ3) is 12.2. The molecule has 9 nitrogen and oxygen atoms in total. The van der Waals surface area contributed by atoms with Crippen molar-refractivity contribution in [3.63, 3.8) is 0 Å². The molecule has 0 spiro atoms. The van der Waals surface area contributed by atoms with Crippen molar-refractivity contribution in [1.82, 2.24) is 4.90 Å². The number of carbonyl (C=O) groups excluding carboxylic acids is 2. The highest BCUT2D eigenvalue weighted by atomic mass is 35.5. The van der Waals surface area contributed by atoms with E-state index in [-0.39, 0.29) is 22.9 Å². The van der Waals surface area contributed by atoms with Crippen LogP contribution >= 0.6 is 11.6 Å². The van der Waals surface area contributed by atoms with Crippen molar-refractivity contribution in [2.24, 2.45) is 16.6 Å². The number of aliphatic imine (C=N–C) groups is 1. The zero-order chi connectivity index (χ0) is 32.8. The molecule has 1 amide bonds. The molecule has 2 aliphatic rings. The zero-order valence-electron chi connectivity index (χ0n) is 26.7. The summed E-state index contributed by atoms with van der Waals surface area (Å²) < 4.78 is 16.0. The Balaban J connectivity index is 0.00000127. The maximum atomic E-state index is 12.7. The minimum Gasteiger partial charge on any atom is -0.496 e. The number of ether oxygens (including phenoxy) is 3. The first-order valence-corrected chi connectivity index (χ1v) is 15.6. The van der Waals surface area contributed by atoms with E-state index in [4.69, 9.17) is 31.5 Å². The molecule has 2 aromatic carbocycles. The minimum atomic E-state index is -0.538. The predicted molar refractivity (Wildman–Crippen MR) is 182 cm³/mol. The highest BCUT2D eigenvalue weighted by Gasteiger charge is 2.16. The van der Waals surface area contributed by atoms with Gasteiger partial charge < -0.3 is 25.3 Å². The summed E-state index contributed by atoms with van der Waals surface area (Å²) in [4.78, 5) is 32.1. The quantitative estimate of drug-likeness (QED) is 0.0908. The second-order valence-electron chi connectivity index (χ2n) is 11.1. The number of nitrogens with two attached hydrogens (primary N) is 1. The summed E-state index contributed by atoms with van der Waals surface area (Å²) in [5.41, 5.74) is 9.61. The lowest BCUT2D eigenvalue weighted by Gasteiger charge is -2.26. The first kappa shape index (κ1) is 35.6. The van der Waals surface area contributed by atoms with Gasteiger partial charge in [0.1, 0.15) is 5.75 Å². The fraction of sp³-hybridized carbons (Fsp3) is 0.400. The molecule has 1 heterocycles. The number of anilines is 1. The molecule has 242 valence electrons. The molecule has 4 rings (SSSR count). The fourth-order valence-electron chi connectivity index (χ4n) is 4.34. The molecule has 10 heteroatoms. The van der Waals surface area contributed by atoms with Crippen molar-refractivity contribution >= 4 is 40.6 Å². The van der Waals surface area contributed by atoms with Crippen molar-refractivity contribution in [2.45, 2.75) is 40.0 Å². The molecule has 2 fully saturated rings. The Morgan fingerprint density at radius 1 is 1.20 bits per heavy atom. The normalized spacial score (nSPS) is 15.9. The average molecular weight is 637 g/mol. The summed E-state index contributed by atoms with van der Waals surface area (Å²) in [6.07, 6.45) is 8.58. The van der Waals surface area contributed by atoms with Crippen molar-refractivity contribution in [3.8, 4) is 5.75 Å². The van der Waals surface area contributed by atoms with Crippen LogP contribution in [0, 0.1) is 12.8 Å². The van der Waals surface area contributed by atoms with Gasteiger partial charge in [0.25, 0.3) is 5.91 Å². The first-order chi connectivity index (χ1) is 21.6. The molecule has 1 aliphatic carbocycles. The second-order valence-corrected chi connectivity index (χ2v) is 11.5. The molecule has 1 saturated heterocycles. The van der Waals surface area contributed by atoms with Gasteiger partial charge in [0.2, 0.25) is 0 Å². The molecular weight excluding hydrogens is 592 g/mol. The van der Waals surface area contributed by atoms with E-state index in [0.29, 0.717) is 17.1 Å². The van der Waals surface area contributed by atoms with Crippen LogP contribution in [0.3, 0.4) is 0 Å². The summed E-state index contributed by atoms with van der Waals surface area (Å²) in [7, 11) is 1.62. The molecule has 2 aromatic rings. The van der Waals surface area contributed by atoms with Crippen LogP contribution in [0.4, 0.5) is 5.69 Å². The van der Waals surface area contributed by atoms with Crippen LogP contribution in [0.15, 0.2) is 71.9 Å². The number of aryl methyl sites for hydroxylation is 1. The van der Waals surface area contributed by atoms with Crippen LogP contribution < -0.4 is 15.8 Å². The third-order valence-corrected chi connectivity index (χ3v) is 7.47. The topological polar surface area (TPSA) is 115 Å². The lowest BCUT2D eigenvalue weighted by Crippen LogP contribution is -2.37. The molecule has 0 unspecified atom stereocenters.